The van der Waals surface area contributed by atoms with Crippen LogP contribution in [0.2, 0.25) is 0 Å². The van der Waals surface area contributed by atoms with E-state index in [2.05, 4.69) is 15.0 Å². The average molecular weight is 349 g/mol. The van der Waals surface area contributed by atoms with E-state index in [1.807, 2.05) is 24.3 Å². The molecule has 26 heavy (non-hydrogen) atoms. The topological polar surface area (TPSA) is 94.3 Å². The largest absolute Gasteiger partial charge is 0.469 e. The van der Waals surface area contributed by atoms with Crippen LogP contribution < -0.4 is 11.1 Å². The first kappa shape index (κ1) is 17.4. The second-order valence-electron chi connectivity index (χ2n) is 5.93. The summed E-state index contributed by atoms with van der Waals surface area (Å²) in [6.07, 6.45) is 0.375. The summed E-state index contributed by atoms with van der Waals surface area (Å²) in [5.41, 5.74) is 9.41. The predicted molar refractivity (Wildman–Crippen MR) is 101 cm³/mol. The molecule has 0 aliphatic rings. The summed E-state index contributed by atoms with van der Waals surface area (Å²) >= 11 is 0. The van der Waals surface area contributed by atoms with E-state index in [9.17, 15) is 9.59 Å². The number of rotatable bonds is 5. The number of benzene rings is 2. The predicted octanol–water partition coefficient (Wildman–Crippen LogP) is 2.71. The molecule has 2 aromatic carbocycles. The number of nitrogens with two attached hydrogens (primary N) is 1. The van der Waals surface area contributed by atoms with Crippen LogP contribution in [0.3, 0.4) is 0 Å². The van der Waals surface area contributed by atoms with Crippen molar-refractivity contribution >= 4 is 34.2 Å². The Bertz CT molecular complexity index is 952. The van der Waals surface area contributed by atoms with Gasteiger partial charge in [-0.25, -0.2) is 0 Å². The van der Waals surface area contributed by atoms with Crippen LogP contribution in [-0.4, -0.2) is 24.0 Å². The number of hydrogen-bond acceptors (Lipinski definition) is 5. The monoisotopic (exact) mass is 349 g/mol. The molecule has 0 spiro atoms. The molecule has 1 amide bonds. The molecule has 3 aromatic rings. The first-order valence-electron chi connectivity index (χ1n) is 8.14. The van der Waals surface area contributed by atoms with Crippen LogP contribution in [0.5, 0.6) is 0 Å². The highest BCUT2D eigenvalue weighted by Crippen LogP contribution is 2.17. The zero-order valence-electron chi connectivity index (χ0n) is 14.4. The van der Waals surface area contributed by atoms with Crippen LogP contribution in [0.4, 0.5) is 11.4 Å². The third kappa shape index (κ3) is 4.36. The number of aromatic nitrogens is 1. The number of nitrogen functional groups attached to an aromatic ring is 1. The fourth-order valence-electron chi connectivity index (χ4n) is 2.60. The molecule has 0 saturated carbocycles. The highest BCUT2D eigenvalue weighted by Gasteiger charge is 2.08. The van der Waals surface area contributed by atoms with Gasteiger partial charge in [-0.15, -0.1) is 0 Å². The number of nitrogens with one attached hydrogen (secondary N) is 1. The van der Waals surface area contributed by atoms with Gasteiger partial charge in [0.25, 0.3) is 0 Å². The van der Waals surface area contributed by atoms with Crippen molar-refractivity contribution in [3.8, 4) is 0 Å². The summed E-state index contributed by atoms with van der Waals surface area (Å²) in [6.45, 7) is 0. The van der Waals surface area contributed by atoms with Gasteiger partial charge >= 0.3 is 5.97 Å². The first-order valence-corrected chi connectivity index (χ1v) is 8.14. The van der Waals surface area contributed by atoms with Crippen LogP contribution in [-0.2, 0) is 27.2 Å². The Morgan fingerprint density at radius 1 is 1.04 bits per heavy atom. The maximum Gasteiger partial charge on any atom is 0.309 e. The molecule has 0 aliphatic heterocycles. The van der Waals surface area contributed by atoms with E-state index >= 15 is 0 Å². The standard InChI is InChI=1S/C20H19N3O3/c1-26-20(25)10-13-2-6-16(7-3-13)23-19(24)12-17-8-4-14-11-15(21)5-9-18(14)22-17/h2-9,11H,10,12,21H2,1H3,(H,23,24). The van der Waals surface area contributed by atoms with Crippen molar-refractivity contribution in [3.05, 3.63) is 65.9 Å². The van der Waals surface area contributed by atoms with Gasteiger partial charge in [0.05, 0.1) is 31.2 Å². The lowest BCUT2D eigenvalue weighted by molar-refractivity contribution is -0.139. The van der Waals surface area contributed by atoms with Crippen LogP contribution in [0.15, 0.2) is 54.6 Å². The molecule has 0 unspecified atom stereocenters. The van der Waals surface area contributed by atoms with Crippen molar-refractivity contribution < 1.29 is 14.3 Å². The molecule has 3 rings (SSSR count). The number of hydrogen-bond donors (Lipinski definition) is 2. The Balaban J connectivity index is 1.63. The van der Waals surface area contributed by atoms with Crippen molar-refractivity contribution in [3.63, 3.8) is 0 Å². The fraction of sp³-hybridized carbons (Fsp3) is 0.150. The zero-order valence-corrected chi connectivity index (χ0v) is 14.4. The Hall–Kier alpha value is -3.41. The summed E-state index contributed by atoms with van der Waals surface area (Å²) < 4.78 is 4.63. The second-order valence-corrected chi connectivity index (χ2v) is 5.93. The molecule has 0 aliphatic carbocycles. The number of carbonyl (C=O) groups is 2. The number of esters is 1. The van der Waals surface area contributed by atoms with Gasteiger partial charge in [-0.2, -0.15) is 0 Å². The highest BCUT2D eigenvalue weighted by molar-refractivity contribution is 5.92. The second kappa shape index (κ2) is 7.65. The lowest BCUT2D eigenvalue weighted by atomic mass is 10.1. The minimum atomic E-state index is -0.300. The van der Waals surface area contributed by atoms with E-state index in [1.54, 1.807) is 30.3 Å². The number of anilines is 2. The zero-order chi connectivity index (χ0) is 18.5. The SMILES string of the molecule is COC(=O)Cc1ccc(NC(=O)Cc2ccc3cc(N)ccc3n2)cc1. The van der Waals surface area contributed by atoms with E-state index in [1.165, 1.54) is 7.11 Å². The fourth-order valence-corrected chi connectivity index (χ4v) is 2.60. The van der Waals surface area contributed by atoms with Crippen LogP contribution >= 0.6 is 0 Å². The normalized spacial score (nSPS) is 10.5. The summed E-state index contributed by atoms with van der Waals surface area (Å²) in [6, 6.07) is 16.3. The molecule has 6 nitrogen and oxygen atoms in total. The number of ether oxygens (including phenoxy) is 1. The van der Waals surface area contributed by atoms with Crippen LogP contribution in [0, 0.1) is 0 Å². The third-order valence-electron chi connectivity index (χ3n) is 3.93. The molecule has 0 atom stereocenters. The summed E-state index contributed by atoms with van der Waals surface area (Å²) in [5.74, 6) is -0.459. The molecule has 132 valence electrons. The number of amides is 1. The molecule has 0 saturated heterocycles. The molecule has 3 N–H and O–H groups in total. The van der Waals surface area contributed by atoms with Crippen molar-refractivity contribution in [2.45, 2.75) is 12.8 Å². The highest BCUT2D eigenvalue weighted by atomic mass is 16.5. The minimum absolute atomic E-state index is 0.159. The van der Waals surface area contributed by atoms with Crippen molar-refractivity contribution in [1.82, 2.24) is 4.98 Å². The van der Waals surface area contributed by atoms with Gasteiger partial charge in [-0.3, -0.25) is 14.6 Å². The molecular weight excluding hydrogens is 330 g/mol. The number of methoxy groups -OCH3 is 1. The molecule has 1 aromatic heterocycles. The van der Waals surface area contributed by atoms with Gasteiger partial charge in [0.2, 0.25) is 5.91 Å². The van der Waals surface area contributed by atoms with Gasteiger partial charge < -0.3 is 15.8 Å². The molecule has 0 bridgehead atoms. The number of pyridine rings is 1. The summed E-state index contributed by atoms with van der Waals surface area (Å²) in [5, 5.41) is 3.77. The van der Waals surface area contributed by atoms with Crippen LogP contribution in [0.1, 0.15) is 11.3 Å². The average Bonchev–Trinajstić information content (AvgIpc) is 2.63. The maximum absolute atomic E-state index is 12.2. The Morgan fingerprint density at radius 2 is 1.81 bits per heavy atom. The van der Waals surface area contributed by atoms with Gasteiger partial charge in [-0.1, -0.05) is 18.2 Å². The third-order valence-corrected chi connectivity index (χ3v) is 3.93. The van der Waals surface area contributed by atoms with E-state index < -0.39 is 0 Å². The van der Waals surface area contributed by atoms with E-state index in [0.29, 0.717) is 17.1 Å². The van der Waals surface area contributed by atoms with E-state index in [-0.39, 0.29) is 24.7 Å². The van der Waals surface area contributed by atoms with Crippen molar-refractivity contribution in [1.29, 1.82) is 0 Å². The quantitative estimate of drug-likeness (QED) is 0.545. The minimum Gasteiger partial charge on any atom is -0.469 e. The van der Waals surface area contributed by atoms with Gasteiger partial charge in [0, 0.05) is 16.8 Å². The molecule has 6 heteroatoms. The van der Waals surface area contributed by atoms with Gasteiger partial charge in [0.1, 0.15) is 0 Å². The Labute approximate surface area is 151 Å². The summed E-state index contributed by atoms with van der Waals surface area (Å²) in [7, 11) is 1.35. The summed E-state index contributed by atoms with van der Waals surface area (Å²) in [4.78, 5) is 28.0. The molecular formula is C20H19N3O3. The van der Waals surface area contributed by atoms with E-state index in [0.717, 1.165) is 16.5 Å². The lowest BCUT2D eigenvalue weighted by Crippen LogP contribution is -2.15. The molecule has 1 heterocycles. The number of fused-ring (bicyclic) bond motifs is 1. The first-order chi connectivity index (χ1) is 12.5. The van der Waals surface area contributed by atoms with Crippen molar-refractivity contribution in [2.24, 2.45) is 0 Å². The Kier molecular flexibility index (Phi) is 5.12. The van der Waals surface area contributed by atoms with E-state index in [4.69, 9.17) is 5.73 Å². The van der Waals surface area contributed by atoms with Crippen LogP contribution in [0.25, 0.3) is 10.9 Å². The Morgan fingerprint density at radius 3 is 2.54 bits per heavy atom. The lowest BCUT2D eigenvalue weighted by Gasteiger charge is -2.07. The maximum atomic E-state index is 12.2. The van der Waals surface area contributed by atoms with Crippen molar-refractivity contribution in [2.75, 3.05) is 18.2 Å². The number of carbonyl (C=O) groups excluding carboxylic acids is 2. The molecule has 0 fully saturated rings. The van der Waals surface area contributed by atoms with Gasteiger partial charge in [-0.05, 0) is 42.0 Å². The smallest absolute Gasteiger partial charge is 0.309 e. The molecule has 0 radical (unpaired) electrons. The van der Waals surface area contributed by atoms with Gasteiger partial charge in [0.15, 0.2) is 0 Å². The number of nitrogens with zero attached hydrogens (tertiary/aromatic N) is 1.